The van der Waals surface area contributed by atoms with Crippen molar-refractivity contribution in [3.8, 4) is 0 Å². The minimum absolute atomic E-state index is 0.0227. The second-order valence-electron chi connectivity index (χ2n) is 9.65. The van der Waals surface area contributed by atoms with E-state index in [0.29, 0.717) is 30.7 Å². The Kier molecular flexibility index (Phi) is 6.94. The first-order chi connectivity index (χ1) is 11.7. The molecule has 0 amide bonds. The number of hydrogen-bond donors (Lipinski definition) is 2. The van der Waals surface area contributed by atoms with E-state index in [1.165, 1.54) is 25.7 Å². The van der Waals surface area contributed by atoms with E-state index in [0.717, 1.165) is 19.5 Å². The van der Waals surface area contributed by atoms with E-state index >= 15 is 0 Å². The standard InChI is InChI=1S/C21H40N2O2/c1-15-11-18(21(4,5)20(15,2)3)25-19(24)9-10-23-14-17-8-6-7-16(12-17)13-22/h15-18,23H,6-14,22H2,1-5H3. The van der Waals surface area contributed by atoms with Gasteiger partial charge in [-0.2, -0.15) is 0 Å². The van der Waals surface area contributed by atoms with Gasteiger partial charge in [0.1, 0.15) is 6.10 Å². The van der Waals surface area contributed by atoms with Gasteiger partial charge in [-0.1, -0.05) is 41.0 Å². The largest absolute Gasteiger partial charge is 0.462 e. The van der Waals surface area contributed by atoms with Crippen molar-refractivity contribution in [3.05, 3.63) is 0 Å². The highest BCUT2D eigenvalue weighted by molar-refractivity contribution is 5.69. The molecule has 4 nitrogen and oxygen atoms in total. The van der Waals surface area contributed by atoms with Crippen LogP contribution in [-0.4, -0.2) is 31.7 Å². The second kappa shape index (κ2) is 8.39. The lowest BCUT2D eigenvalue weighted by Gasteiger charge is -2.40. The highest BCUT2D eigenvalue weighted by Crippen LogP contribution is 2.56. The number of hydrogen-bond acceptors (Lipinski definition) is 4. The Morgan fingerprint density at radius 1 is 1.12 bits per heavy atom. The molecule has 2 saturated carbocycles. The van der Waals surface area contributed by atoms with Crippen molar-refractivity contribution in [3.63, 3.8) is 0 Å². The van der Waals surface area contributed by atoms with Crippen LogP contribution in [0.2, 0.25) is 0 Å². The van der Waals surface area contributed by atoms with Gasteiger partial charge in [0.15, 0.2) is 0 Å². The third kappa shape index (κ3) is 4.77. The van der Waals surface area contributed by atoms with Gasteiger partial charge in [-0.3, -0.25) is 4.79 Å². The third-order valence-electron chi connectivity index (χ3n) is 7.70. The van der Waals surface area contributed by atoms with E-state index in [2.05, 4.69) is 39.9 Å². The molecule has 2 rings (SSSR count). The molecule has 2 fully saturated rings. The monoisotopic (exact) mass is 352 g/mol. The Bertz CT molecular complexity index is 447. The predicted octanol–water partition coefficient (Wildman–Crippen LogP) is 3.74. The van der Waals surface area contributed by atoms with Crippen LogP contribution in [0.1, 0.15) is 73.1 Å². The molecule has 2 aliphatic carbocycles. The van der Waals surface area contributed by atoms with Crippen molar-refractivity contribution in [1.82, 2.24) is 5.32 Å². The molecular formula is C21H40N2O2. The maximum absolute atomic E-state index is 12.3. The average Bonchev–Trinajstić information content (AvgIpc) is 2.71. The Hall–Kier alpha value is -0.610. The predicted molar refractivity (Wildman–Crippen MR) is 103 cm³/mol. The number of esters is 1. The number of rotatable bonds is 7. The first kappa shape index (κ1) is 20.7. The quantitative estimate of drug-likeness (QED) is 0.541. The van der Waals surface area contributed by atoms with E-state index in [1.807, 2.05) is 0 Å². The van der Waals surface area contributed by atoms with Gasteiger partial charge in [0.2, 0.25) is 0 Å². The van der Waals surface area contributed by atoms with E-state index < -0.39 is 0 Å². The summed E-state index contributed by atoms with van der Waals surface area (Å²) < 4.78 is 5.86. The molecular weight excluding hydrogens is 312 g/mol. The number of carbonyl (C=O) groups excluding carboxylic acids is 1. The van der Waals surface area contributed by atoms with Crippen LogP contribution in [0.3, 0.4) is 0 Å². The van der Waals surface area contributed by atoms with Gasteiger partial charge in [0.25, 0.3) is 0 Å². The summed E-state index contributed by atoms with van der Waals surface area (Å²) in [6.07, 6.45) is 6.57. The zero-order chi connectivity index (χ0) is 18.7. The van der Waals surface area contributed by atoms with Crippen molar-refractivity contribution in [2.45, 2.75) is 79.2 Å². The fourth-order valence-corrected chi connectivity index (χ4v) is 4.67. The average molecular weight is 353 g/mol. The van der Waals surface area contributed by atoms with Gasteiger partial charge in [0, 0.05) is 12.0 Å². The molecule has 3 N–H and O–H groups in total. The molecule has 0 heterocycles. The third-order valence-corrected chi connectivity index (χ3v) is 7.70. The van der Waals surface area contributed by atoms with Crippen molar-refractivity contribution < 1.29 is 9.53 Å². The van der Waals surface area contributed by atoms with Crippen molar-refractivity contribution in [2.75, 3.05) is 19.6 Å². The molecule has 0 radical (unpaired) electrons. The molecule has 0 aliphatic heterocycles. The molecule has 146 valence electrons. The lowest BCUT2D eigenvalue weighted by atomic mass is 9.67. The Morgan fingerprint density at radius 2 is 1.80 bits per heavy atom. The minimum Gasteiger partial charge on any atom is -0.462 e. The van der Waals surface area contributed by atoms with Crippen LogP contribution < -0.4 is 11.1 Å². The molecule has 25 heavy (non-hydrogen) atoms. The Balaban J connectivity index is 1.68. The van der Waals surface area contributed by atoms with E-state index in [4.69, 9.17) is 10.5 Å². The van der Waals surface area contributed by atoms with Gasteiger partial charge in [-0.25, -0.2) is 0 Å². The van der Waals surface area contributed by atoms with Crippen LogP contribution in [0.4, 0.5) is 0 Å². The molecule has 4 unspecified atom stereocenters. The molecule has 0 aromatic heterocycles. The molecule has 0 aromatic rings. The van der Waals surface area contributed by atoms with Crippen molar-refractivity contribution >= 4 is 5.97 Å². The fourth-order valence-electron chi connectivity index (χ4n) is 4.67. The first-order valence-corrected chi connectivity index (χ1v) is 10.3. The highest BCUT2D eigenvalue weighted by atomic mass is 16.5. The number of ether oxygens (including phenoxy) is 1. The molecule has 4 heteroatoms. The maximum Gasteiger partial charge on any atom is 0.307 e. The topological polar surface area (TPSA) is 64.3 Å². The van der Waals surface area contributed by atoms with Crippen molar-refractivity contribution in [1.29, 1.82) is 0 Å². The van der Waals surface area contributed by atoms with Gasteiger partial charge < -0.3 is 15.8 Å². The van der Waals surface area contributed by atoms with Gasteiger partial charge in [0.05, 0.1) is 6.42 Å². The van der Waals surface area contributed by atoms with Gasteiger partial charge >= 0.3 is 5.97 Å². The summed E-state index contributed by atoms with van der Waals surface area (Å²) >= 11 is 0. The zero-order valence-electron chi connectivity index (χ0n) is 17.1. The molecule has 0 bridgehead atoms. The zero-order valence-corrected chi connectivity index (χ0v) is 17.1. The van der Waals surface area contributed by atoms with E-state index in [-0.39, 0.29) is 22.9 Å². The van der Waals surface area contributed by atoms with Gasteiger partial charge in [-0.05, 0) is 61.9 Å². The lowest BCUT2D eigenvalue weighted by molar-refractivity contribution is -0.155. The van der Waals surface area contributed by atoms with E-state index in [9.17, 15) is 4.79 Å². The van der Waals surface area contributed by atoms with Gasteiger partial charge in [-0.15, -0.1) is 0 Å². The SMILES string of the molecule is CC1CC(OC(=O)CCNCC2CCCC(CN)C2)C(C)(C)C1(C)C. The van der Waals surface area contributed by atoms with Crippen LogP contribution in [-0.2, 0) is 9.53 Å². The van der Waals surface area contributed by atoms with Crippen LogP contribution in [0.25, 0.3) is 0 Å². The highest BCUT2D eigenvalue weighted by Gasteiger charge is 2.54. The molecule has 0 saturated heterocycles. The van der Waals surface area contributed by atoms with Crippen molar-refractivity contribution in [2.24, 2.45) is 34.3 Å². The summed E-state index contributed by atoms with van der Waals surface area (Å²) in [5, 5.41) is 3.46. The van der Waals surface area contributed by atoms with E-state index in [1.54, 1.807) is 0 Å². The maximum atomic E-state index is 12.3. The van der Waals surface area contributed by atoms with Crippen LogP contribution in [0.5, 0.6) is 0 Å². The Labute approximate surface area is 154 Å². The summed E-state index contributed by atoms with van der Waals surface area (Å²) in [7, 11) is 0. The summed E-state index contributed by atoms with van der Waals surface area (Å²) in [4.78, 5) is 12.3. The summed E-state index contributed by atoms with van der Waals surface area (Å²) in [6.45, 7) is 13.9. The molecule has 4 atom stereocenters. The summed E-state index contributed by atoms with van der Waals surface area (Å²) in [5.41, 5.74) is 6.02. The van der Waals surface area contributed by atoms with Crippen LogP contribution >= 0.6 is 0 Å². The minimum atomic E-state index is -0.0565. The number of carbonyl (C=O) groups is 1. The van der Waals surface area contributed by atoms with Crippen LogP contribution in [0.15, 0.2) is 0 Å². The molecule has 0 spiro atoms. The summed E-state index contributed by atoms with van der Waals surface area (Å²) in [5.74, 6) is 1.92. The normalized spacial score (nSPS) is 34.0. The molecule has 2 aliphatic rings. The van der Waals surface area contributed by atoms with Crippen LogP contribution in [0, 0.1) is 28.6 Å². The fraction of sp³-hybridized carbons (Fsp3) is 0.952. The summed E-state index contributed by atoms with van der Waals surface area (Å²) in [6, 6.07) is 0. The molecule has 0 aromatic carbocycles. The number of nitrogens with one attached hydrogen (secondary N) is 1. The number of nitrogens with two attached hydrogens (primary N) is 1. The smallest absolute Gasteiger partial charge is 0.307 e. The first-order valence-electron chi connectivity index (χ1n) is 10.3. The lowest BCUT2D eigenvalue weighted by Crippen LogP contribution is -2.39. The Morgan fingerprint density at radius 3 is 2.40 bits per heavy atom. The second-order valence-corrected chi connectivity index (χ2v) is 9.65.